The third-order valence-corrected chi connectivity index (χ3v) is 8.53. The Hall–Kier alpha value is -3.72. The number of nitrogens with zero attached hydrogens (tertiary/aromatic N) is 1. The van der Waals surface area contributed by atoms with Gasteiger partial charge >= 0.3 is 17.6 Å². The van der Waals surface area contributed by atoms with Crippen LogP contribution in [-0.4, -0.2) is 53.0 Å². The number of benzene rings is 2. The van der Waals surface area contributed by atoms with E-state index in [1.54, 1.807) is 43.3 Å². The summed E-state index contributed by atoms with van der Waals surface area (Å²) >= 11 is 0. The molecule has 0 amide bonds. The summed E-state index contributed by atoms with van der Waals surface area (Å²) in [6, 6.07) is 16.1. The van der Waals surface area contributed by atoms with Crippen molar-refractivity contribution in [2.45, 2.75) is 37.9 Å². The van der Waals surface area contributed by atoms with E-state index in [1.807, 2.05) is 4.98 Å². The Kier molecular flexibility index (Phi) is 10.8. The van der Waals surface area contributed by atoms with Crippen molar-refractivity contribution in [3.63, 3.8) is 0 Å². The van der Waals surface area contributed by atoms with Crippen LogP contribution in [0.4, 0.5) is 0 Å². The smallest absolute Gasteiger partial charge is 0.338 e. The summed E-state index contributed by atoms with van der Waals surface area (Å²) < 4.78 is 55.4. The van der Waals surface area contributed by atoms with Gasteiger partial charge < -0.3 is 33.0 Å². The molecule has 18 heteroatoms. The van der Waals surface area contributed by atoms with Crippen molar-refractivity contribution in [3.8, 4) is 0 Å². The molecule has 44 heavy (non-hydrogen) atoms. The van der Waals surface area contributed by atoms with Crippen LogP contribution >= 0.6 is 15.6 Å². The summed E-state index contributed by atoms with van der Waals surface area (Å²) in [5.41, 5.74) is -1.63. The average molecular weight is 652 g/mol. The molecule has 0 spiro atoms. The molecule has 1 N–H and O–H groups in total. The molecule has 1 aliphatic rings. The van der Waals surface area contributed by atoms with Crippen LogP contribution in [0, 0.1) is 0 Å². The molecule has 16 nitrogen and oxygen atoms in total. The number of H-pyrrole nitrogens is 1. The van der Waals surface area contributed by atoms with Crippen molar-refractivity contribution in [2.75, 3.05) is 13.2 Å². The van der Waals surface area contributed by atoms with E-state index in [9.17, 15) is 38.1 Å². The second kappa shape index (κ2) is 14.4. The van der Waals surface area contributed by atoms with E-state index in [1.165, 1.54) is 24.3 Å². The summed E-state index contributed by atoms with van der Waals surface area (Å²) in [4.78, 5) is 76.9. The van der Waals surface area contributed by atoms with Crippen LogP contribution in [0.2, 0.25) is 0 Å². The first-order valence-corrected chi connectivity index (χ1v) is 15.9. The number of carbonyl (C=O) groups is 2. The number of nitrogens with one attached hydrogen (secondary N) is 1. The van der Waals surface area contributed by atoms with Crippen molar-refractivity contribution in [1.29, 1.82) is 0 Å². The quantitative estimate of drug-likeness (QED) is 0.203. The molecule has 4 rings (SSSR count). The minimum absolute atomic E-state index is 0.0585. The molecule has 0 aliphatic carbocycles. The molecule has 2 aromatic carbocycles. The fourth-order valence-corrected chi connectivity index (χ4v) is 6.12. The molecule has 3 unspecified atom stereocenters. The Labute approximate surface area is 249 Å². The first-order valence-electron chi connectivity index (χ1n) is 13.0. The van der Waals surface area contributed by atoms with E-state index in [2.05, 4.69) is 8.83 Å². The van der Waals surface area contributed by atoms with Crippen LogP contribution in [0.3, 0.4) is 0 Å². The third-order valence-electron chi connectivity index (χ3n) is 5.97. The Morgan fingerprint density at radius 3 is 1.95 bits per heavy atom. The molecule has 1 aliphatic heterocycles. The highest BCUT2D eigenvalue weighted by atomic mass is 31.3. The lowest BCUT2D eigenvalue weighted by Crippen LogP contribution is -2.43. The van der Waals surface area contributed by atoms with E-state index in [0.717, 1.165) is 16.8 Å². The first kappa shape index (κ1) is 33.2. The first-order chi connectivity index (χ1) is 20.9. The van der Waals surface area contributed by atoms with Crippen molar-refractivity contribution in [2.24, 2.45) is 0 Å². The molecular formula is C26H26N2O14P2-2. The van der Waals surface area contributed by atoms with Crippen LogP contribution < -0.4 is 21.0 Å². The Balaban J connectivity index is 1.69. The van der Waals surface area contributed by atoms with Gasteiger partial charge in [-0.1, -0.05) is 43.3 Å². The van der Waals surface area contributed by atoms with E-state index in [0.29, 0.717) is 0 Å². The van der Waals surface area contributed by atoms with E-state index in [4.69, 9.17) is 18.7 Å². The van der Waals surface area contributed by atoms with Gasteiger partial charge in [-0.3, -0.25) is 23.5 Å². The Morgan fingerprint density at radius 2 is 1.41 bits per heavy atom. The lowest BCUT2D eigenvalue weighted by atomic mass is 10.1. The van der Waals surface area contributed by atoms with Crippen LogP contribution in [0.25, 0.3) is 0 Å². The van der Waals surface area contributed by atoms with Gasteiger partial charge in [0.25, 0.3) is 21.2 Å². The number of ether oxygens (including phenoxy) is 3. The van der Waals surface area contributed by atoms with Gasteiger partial charge in [-0.05, 0) is 30.7 Å². The molecule has 3 aromatic rings. The number of hydrogen-bond acceptors (Lipinski definition) is 14. The standard InChI is InChI=1S/C26H28N2O14P2/c1-2-15-37-43(33,34)42-44(35,36)38-16-19-21(40-24(30)17-9-5-3-6-10-17)22(41-25(31)18-11-7-4-8-12-18)23(39-19)28-14-13-20(29)27-26(28)32/h3-14,19,21-23H,2,15-16H2,1H3,(H,33,34)(H,35,36)(H,27,29,32)/p-2/t19-,21?,22+,23-/m1/s1. The minimum Gasteiger partial charge on any atom is -0.756 e. The number of phosphoric ester groups is 2. The van der Waals surface area contributed by atoms with E-state index >= 15 is 0 Å². The van der Waals surface area contributed by atoms with Crippen molar-refractivity contribution >= 4 is 27.6 Å². The van der Waals surface area contributed by atoms with Gasteiger partial charge in [-0.2, -0.15) is 0 Å². The molecule has 0 bridgehead atoms. The van der Waals surface area contributed by atoms with Crippen molar-refractivity contribution in [3.05, 3.63) is 105 Å². The molecule has 1 aromatic heterocycles. The fraction of sp³-hybridized carbons (Fsp3) is 0.308. The number of esters is 2. The maximum atomic E-state index is 13.1. The van der Waals surface area contributed by atoms with E-state index < -0.39 is 70.0 Å². The molecule has 1 fully saturated rings. The zero-order chi connectivity index (χ0) is 31.9. The lowest BCUT2D eigenvalue weighted by Gasteiger charge is -2.31. The van der Waals surface area contributed by atoms with Crippen molar-refractivity contribution in [1.82, 2.24) is 9.55 Å². The van der Waals surface area contributed by atoms with Gasteiger partial charge in [0.1, 0.15) is 6.10 Å². The second-order valence-corrected chi connectivity index (χ2v) is 12.1. The van der Waals surface area contributed by atoms with Gasteiger partial charge in [0.05, 0.1) is 24.3 Å². The molecular weight excluding hydrogens is 626 g/mol. The van der Waals surface area contributed by atoms with Gasteiger partial charge in [0.15, 0.2) is 18.4 Å². The highest BCUT2D eigenvalue weighted by Gasteiger charge is 2.51. The van der Waals surface area contributed by atoms with Gasteiger partial charge in [-0.25, -0.2) is 18.7 Å². The minimum atomic E-state index is -5.62. The summed E-state index contributed by atoms with van der Waals surface area (Å²) in [6.45, 7) is 0.191. The Morgan fingerprint density at radius 1 is 0.864 bits per heavy atom. The number of carbonyl (C=O) groups excluding carboxylic acids is 2. The maximum Gasteiger partial charge on any atom is 0.338 e. The molecule has 0 radical (unpaired) electrons. The number of aromatic nitrogens is 2. The second-order valence-electron chi connectivity index (χ2n) is 9.16. The summed E-state index contributed by atoms with van der Waals surface area (Å²) in [5.74, 6) is -1.87. The normalized spacial score (nSPS) is 22.4. The van der Waals surface area contributed by atoms with E-state index in [-0.39, 0.29) is 24.2 Å². The number of rotatable bonds is 13. The third kappa shape index (κ3) is 8.68. The monoisotopic (exact) mass is 652 g/mol. The van der Waals surface area contributed by atoms with Crippen LogP contribution in [0.15, 0.2) is 82.5 Å². The maximum absolute atomic E-state index is 13.1. The Bertz CT molecular complexity index is 1660. The molecule has 2 heterocycles. The van der Waals surface area contributed by atoms with Crippen LogP contribution in [0.1, 0.15) is 40.3 Å². The van der Waals surface area contributed by atoms with Crippen LogP contribution in [0.5, 0.6) is 0 Å². The molecule has 0 saturated carbocycles. The SMILES string of the molecule is CCCOP(=O)([O-])OP(=O)([O-])OC[C@H]1O[C@@H](n2ccc(=O)[nH]c2=O)[C@@H](OC(=O)c2ccccc2)C1OC(=O)c1ccccc1. The highest BCUT2D eigenvalue weighted by Crippen LogP contribution is 2.55. The van der Waals surface area contributed by atoms with Gasteiger partial charge in [-0.15, -0.1) is 0 Å². The van der Waals surface area contributed by atoms with Gasteiger partial charge in [0.2, 0.25) is 0 Å². The molecule has 1 saturated heterocycles. The van der Waals surface area contributed by atoms with Crippen LogP contribution in [-0.2, 0) is 36.7 Å². The summed E-state index contributed by atoms with van der Waals surface area (Å²) in [6.07, 6.45) is -5.21. The average Bonchev–Trinajstić information content (AvgIpc) is 3.31. The molecule has 6 atom stereocenters. The number of phosphoric acid groups is 2. The van der Waals surface area contributed by atoms with Crippen molar-refractivity contribution < 1.29 is 56.1 Å². The predicted molar refractivity (Wildman–Crippen MR) is 145 cm³/mol. The zero-order valence-electron chi connectivity index (χ0n) is 22.9. The molecule has 236 valence electrons. The highest BCUT2D eigenvalue weighted by molar-refractivity contribution is 7.59. The lowest BCUT2D eigenvalue weighted by molar-refractivity contribution is -0.245. The summed E-state index contributed by atoms with van der Waals surface area (Å²) in [7, 11) is -11.0. The van der Waals surface area contributed by atoms with Gasteiger partial charge in [0, 0.05) is 12.3 Å². The predicted octanol–water partition coefficient (Wildman–Crippen LogP) is 1.28. The topological polar surface area (TPSA) is 225 Å². The fourth-order valence-electron chi connectivity index (χ4n) is 4.03. The zero-order valence-corrected chi connectivity index (χ0v) is 24.7. The summed E-state index contributed by atoms with van der Waals surface area (Å²) in [5, 5.41) is 0. The largest absolute Gasteiger partial charge is 0.756 e. The number of hydrogen-bond donors (Lipinski definition) is 1. The number of aromatic amines is 1.